The van der Waals surface area contributed by atoms with Gasteiger partial charge in [0.2, 0.25) is 5.91 Å². The van der Waals surface area contributed by atoms with Crippen LogP contribution in [-0.2, 0) is 24.5 Å². The Kier molecular flexibility index (Phi) is 6.08. The summed E-state index contributed by atoms with van der Waals surface area (Å²) in [5, 5.41) is 9.03. The van der Waals surface area contributed by atoms with Crippen molar-refractivity contribution >= 4 is 22.1 Å². The smallest absolute Gasteiger partial charge is 0.321 e. The summed E-state index contributed by atoms with van der Waals surface area (Å²) in [6.45, 7) is 3.75. The van der Waals surface area contributed by atoms with Gasteiger partial charge in [-0.15, -0.1) is 0 Å². The van der Waals surface area contributed by atoms with Crippen LogP contribution < -0.4 is 10.5 Å². The molecule has 3 atom stereocenters. The van der Waals surface area contributed by atoms with Gasteiger partial charge in [-0.25, -0.2) is 0 Å². The van der Waals surface area contributed by atoms with Gasteiger partial charge in [0, 0.05) is 19.5 Å². The van der Waals surface area contributed by atoms with Gasteiger partial charge in [-0.1, -0.05) is 0 Å². The van der Waals surface area contributed by atoms with Crippen molar-refractivity contribution in [2.45, 2.75) is 44.9 Å². The Morgan fingerprint density at radius 3 is 2.33 bits per heavy atom. The fourth-order valence-corrected chi connectivity index (χ4v) is 3.64. The number of hydrogen-bond acceptors (Lipinski definition) is 5. The van der Waals surface area contributed by atoms with Gasteiger partial charge in [-0.05, 0) is 20.3 Å². The highest BCUT2D eigenvalue weighted by Gasteiger charge is 2.34. The molecule has 4 N–H and O–H groups in total. The normalized spacial score (nSPS) is 25.4. The molecule has 0 aromatic heterocycles. The van der Waals surface area contributed by atoms with Crippen LogP contribution in [0.4, 0.5) is 0 Å². The lowest BCUT2D eigenvalue weighted by Crippen LogP contribution is -2.55. The Bertz CT molecular complexity index is 484. The van der Waals surface area contributed by atoms with Crippen molar-refractivity contribution in [3.05, 3.63) is 0 Å². The van der Waals surface area contributed by atoms with Crippen LogP contribution in [0.5, 0.6) is 0 Å². The summed E-state index contributed by atoms with van der Waals surface area (Å²) >= 11 is 0. The number of rotatable bonds is 7. The van der Waals surface area contributed by atoms with Crippen molar-refractivity contribution in [3.8, 4) is 0 Å². The maximum Gasteiger partial charge on any atom is 0.321 e. The van der Waals surface area contributed by atoms with Gasteiger partial charge in [-0.2, -0.15) is 17.4 Å². The van der Waals surface area contributed by atoms with Crippen LogP contribution in [0.3, 0.4) is 0 Å². The van der Waals surface area contributed by atoms with Crippen molar-refractivity contribution in [3.63, 3.8) is 0 Å². The molecule has 0 radical (unpaired) electrons. The molecule has 0 bridgehead atoms. The molecule has 9 nitrogen and oxygen atoms in total. The van der Waals surface area contributed by atoms with E-state index in [1.807, 2.05) is 0 Å². The second kappa shape index (κ2) is 7.16. The van der Waals surface area contributed by atoms with E-state index in [0.717, 1.165) is 4.31 Å². The maximum absolute atomic E-state index is 12.2. The van der Waals surface area contributed by atoms with E-state index in [1.165, 1.54) is 0 Å². The number of morpholine rings is 1. The molecule has 0 aromatic carbocycles. The molecule has 1 aliphatic rings. The molecule has 1 rings (SSSR count). The van der Waals surface area contributed by atoms with Crippen LogP contribution in [0.2, 0.25) is 0 Å². The molecule has 2 unspecified atom stereocenters. The van der Waals surface area contributed by atoms with Crippen molar-refractivity contribution < 1.29 is 27.9 Å². The molecule has 1 saturated heterocycles. The zero-order chi connectivity index (χ0) is 16.2. The lowest BCUT2D eigenvalue weighted by molar-refractivity contribution is -0.139. The van der Waals surface area contributed by atoms with Gasteiger partial charge in [-0.3, -0.25) is 9.59 Å². The average Bonchev–Trinajstić information content (AvgIpc) is 2.32. The number of ether oxygens (including phenoxy) is 1. The number of carboxylic acids is 1. The lowest BCUT2D eigenvalue weighted by Gasteiger charge is -2.34. The van der Waals surface area contributed by atoms with Crippen LogP contribution >= 0.6 is 0 Å². The summed E-state index contributed by atoms with van der Waals surface area (Å²) in [7, 11) is -3.97. The van der Waals surface area contributed by atoms with Crippen LogP contribution in [-0.4, -0.2) is 61.0 Å². The molecule has 122 valence electrons. The van der Waals surface area contributed by atoms with Gasteiger partial charge < -0.3 is 15.6 Å². The molecule has 0 spiro atoms. The Morgan fingerprint density at radius 1 is 1.38 bits per heavy atom. The second-order valence-corrected chi connectivity index (χ2v) is 6.80. The Morgan fingerprint density at radius 2 is 1.90 bits per heavy atom. The number of hydrogen-bond donors (Lipinski definition) is 3. The number of nitrogens with zero attached hydrogens (tertiary/aromatic N) is 1. The number of carbonyl (C=O) groups excluding carboxylic acids is 1. The summed E-state index contributed by atoms with van der Waals surface area (Å²) in [5.74, 6) is -2.04. The van der Waals surface area contributed by atoms with Crippen LogP contribution in [0.15, 0.2) is 0 Å². The summed E-state index contributed by atoms with van der Waals surface area (Å²) in [6, 6.07) is -1.39. The first kappa shape index (κ1) is 17.8. The van der Waals surface area contributed by atoms with Crippen LogP contribution in [0, 0.1) is 0 Å². The van der Waals surface area contributed by atoms with E-state index in [9.17, 15) is 18.0 Å². The molecule has 1 heterocycles. The average molecular weight is 323 g/mol. The third-order valence-corrected chi connectivity index (χ3v) is 4.56. The molecular formula is C11H21N3O6S. The number of aliphatic carboxylic acids is 1. The first-order valence-electron chi connectivity index (χ1n) is 6.55. The van der Waals surface area contributed by atoms with Gasteiger partial charge in [0.05, 0.1) is 12.2 Å². The summed E-state index contributed by atoms with van der Waals surface area (Å²) < 4.78 is 33.1. The first-order chi connectivity index (χ1) is 9.61. The van der Waals surface area contributed by atoms with Gasteiger partial charge in [0.25, 0.3) is 10.2 Å². The number of nitrogens with two attached hydrogens (primary N) is 1. The SMILES string of the molecule is CC1CN(S(=O)(=O)N[C@H](CCC(N)=O)C(=O)O)CC(C)O1. The van der Waals surface area contributed by atoms with E-state index in [1.54, 1.807) is 13.8 Å². The second-order valence-electron chi connectivity index (χ2n) is 5.09. The largest absolute Gasteiger partial charge is 0.480 e. The van der Waals surface area contributed by atoms with Crippen LogP contribution in [0.1, 0.15) is 26.7 Å². The van der Waals surface area contributed by atoms with E-state index in [0.29, 0.717) is 0 Å². The van der Waals surface area contributed by atoms with Crippen molar-refractivity contribution in [2.75, 3.05) is 13.1 Å². The maximum atomic E-state index is 12.2. The van der Waals surface area contributed by atoms with Gasteiger partial charge in [0.15, 0.2) is 0 Å². The van der Waals surface area contributed by atoms with Crippen molar-refractivity contribution in [2.24, 2.45) is 5.73 Å². The Labute approximate surface area is 123 Å². The third-order valence-electron chi connectivity index (χ3n) is 2.99. The van der Waals surface area contributed by atoms with Crippen molar-refractivity contribution in [1.82, 2.24) is 9.03 Å². The predicted molar refractivity (Wildman–Crippen MR) is 73.5 cm³/mol. The number of carboxylic acid groups (broad SMARTS) is 1. The minimum Gasteiger partial charge on any atom is -0.480 e. The third kappa shape index (κ3) is 5.58. The molecular weight excluding hydrogens is 302 g/mol. The highest BCUT2D eigenvalue weighted by molar-refractivity contribution is 7.87. The van der Waals surface area contributed by atoms with E-state index in [-0.39, 0.29) is 38.1 Å². The zero-order valence-corrected chi connectivity index (χ0v) is 12.8. The predicted octanol–water partition coefficient (Wildman–Crippen LogP) is -1.35. The molecule has 1 fully saturated rings. The molecule has 0 aliphatic carbocycles. The molecule has 0 aromatic rings. The quantitative estimate of drug-likeness (QED) is 0.529. The Hall–Kier alpha value is -1.23. The van der Waals surface area contributed by atoms with E-state index >= 15 is 0 Å². The summed E-state index contributed by atoms with van der Waals surface area (Å²) in [4.78, 5) is 21.8. The number of nitrogens with one attached hydrogen (secondary N) is 1. The summed E-state index contributed by atoms with van der Waals surface area (Å²) in [5.41, 5.74) is 4.95. The van der Waals surface area contributed by atoms with Crippen molar-refractivity contribution in [1.29, 1.82) is 0 Å². The fraction of sp³-hybridized carbons (Fsp3) is 0.818. The molecule has 10 heteroatoms. The minimum absolute atomic E-state index is 0.141. The van der Waals surface area contributed by atoms with Gasteiger partial charge >= 0.3 is 5.97 Å². The van der Waals surface area contributed by atoms with Crippen LogP contribution in [0.25, 0.3) is 0 Å². The molecule has 1 amide bonds. The number of amides is 1. The number of primary amides is 1. The standard InChI is InChI=1S/C11H21N3O6S/c1-7-5-14(6-8(2)20-7)21(18,19)13-9(11(16)17)3-4-10(12)15/h7-9,13H,3-6H2,1-2H3,(H2,12,15)(H,16,17)/t7?,8?,9-/m1/s1. The fourth-order valence-electron chi connectivity index (χ4n) is 2.10. The topological polar surface area (TPSA) is 139 Å². The van der Waals surface area contributed by atoms with E-state index in [2.05, 4.69) is 4.72 Å². The molecule has 0 saturated carbocycles. The highest BCUT2D eigenvalue weighted by Crippen LogP contribution is 2.14. The highest BCUT2D eigenvalue weighted by atomic mass is 32.2. The molecule has 21 heavy (non-hydrogen) atoms. The number of carbonyl (C=O) groups is 2. The molecule has 1 aliphatic heterocycles. The summed E-state index contributed by atoms with van der Waals surface area (Å²) in [6.07, 6.45) is -0.965. The van der Waals surface area contributed by atoms with E-state index in [4.69, 9.17) is 15.6 Å². The minimum atomic E-state index is -3.97. The monoisotopic (exact) mass is 323 g/mol. The zero-order valence-electron chi connectivity index (χ0n) is 12.0. The lowest BCUT2D eigenvalue weighted by atomic mass is 10.2. The van der Waals surface area contributed by atoms with Gasteiger partial charge in [0.1, 0.15) is 6.04 Å². The van der Waals surface area contributed by atoms with E-state index < -0.39 is 28.1 Å². The Balaban J connectivity index is 2.76. The first-order valence-corrected chi connectivity index (χ1v) is 7.99.